The van der Waals surface area contributed by atoms with Gasteiger partial charge in [-0.15, -0.1) is 0 Å². The summed E-state index contributed by atoms with van der Waals surface area (Å²) in [6.07, 6.45) is 0. The quantitative estimate of drug-likeness (QED) is 0.729. The minimum atomic E-state index is 0.324. The zero-order chi connectivity index (χ0) is 14.7. The van der Waals surface area contributed by atoms with Gasteiger partial charge in [0.2, 0.25) is 0 Å². The van der Waals surface area contributed by atoms with Crippen molar-refractivity contribution in [3.8, 4) is 5.75 Å². The highest BCUT2D eigenvalue weighted by Crippen LogP contribution is 2.28. The van der Waals surface area contributed by atoms with E-state index in [2.05, 4.69) is 36.2 Å². The van der Waals surface area contributed by atoms with E-state index in [0.717, 1.165) is 22.5 Å². The molecule has 3 heteroatoms. The number of hydrogen-bond donors (Lipinski definition) is 1. The number of hydrogen-bond acceptors (Lipinski definition) is 3. The molecule has 0 saturated heterocycles. The SMILES string of the molecule is Cc1cc(N=Nc2ccc(C(C)C)cc2)cc(C)c1O. The highest BCUT2D eigenvalue weighted by molar-refractivity contribution is 5.51. The molecule has 0 amide bonds. The summed E-state index contributed by atoms with van der Waals surface area (Å²) in [7, 11) is 0. The van der Waals surface area contributed by atoms with Crippen LogP contribution in [0, 0.1) is 13.8 Å². The lowest BCUT2D eigenvalue weighted by molar-refractivity contribution is 0.467. The second-order valence-electron chi connectivity index (χ2n) is 5.37. The van der Waals surface area contributed by atoms with Crippen molar-refractivity contribution in [2.24, 2.45) is 10.2 Å². The summed E-state index contributed by atoms with van der Waals surface area (Å²) in [4.78, 5) is 0. The van der Waals surface area contributed by atoms with Crippen molar-refractivity contribution in [2.45, 2.75) is 33.6 Å². The number of nitrogens with zero attached hydrogens (tertiary/aromatic N) is 2. The molecule has 0 aliphatic rings. The van der Waals surface area contributed by atoms with Crippen LogP contribution in [-0.2, 0) is 0 Å². The molecule has 0 fully saturated rings. The molecule has 0 aliphatic carbocycles. The normalized spacial score (nSPS) is 11.4. The Labute approximate surface area is 120 Å². The second-order valence-corrected chi connectivity index (χ2v) is 5.37. The summed E-state index contributed by atoms with van der Waals surface area (Å²) < 4.78 is 0. The van der Waals surface area contributed by atoms with Gasteiger partial charge in [-0.1, -0.05) is 26.0 Å². The molecule has 2 aromatic rings. The summed E-state index contributed by atoms with van der Waals surface area (Å²) in [5, 5.41) is 18.2. The van der Waals surface area contributed by atoms with Gasteiger partial charge >= 0.3 is 0 Å². The topological polar surface area (TPSA) is 45.0 Å². The van der Waals surface area contributed by atoms with E-state index in [1.807, 2.05) is 38.1 Å². The third-order valence-electron chi connectivity index (χ3n) is 3.32. The highest BCUT2D eigenvalue weighted by atomic mass is 16.3. The summed E-state index contributed by atoms with van der Waals surface area (Å²) in [5.74, 6) is 0.841. The van der Waals surface area contributed by atoms with Crippen molar-refractivity contribution in [1.82, 2.24) is 0 Å². The lowest BCUT2D eigenvalue weighted by atomic mass is 10.0. The van der Waals surface area contributed by atoms with E-state index in [0.29, 0.717) is 11.7 Å². The first-order valence-electron chi connectivity index (χ1n) is 6.79. The number of aryl methyl sites for hydroxylation is 2. The first kappa shape index (κ1) is 14.3. The van der Waals surface area contributed by atoms with Crippen LogP contribution in [0.15, 0.2) is 46.6 Å². The van der Waals surface area contributed by atoms with E-state index in [4.69, 9.17) is 0 Å². The van der Waals surface area contributed by atoms with E-state index >= 15 is 0 Å². The number of benzene rings is 2. The molecule has 0 spiro atoms. The molecule has 0 bridgehead atoms. The first-order valence-corrected chi connectivity index (χ1v) is 6.79. The van der Waals surface area contributed by atoms with Crippen molar-refractivity contribution in [1.29, 1.82) is 0 Å². The van der Waals surface area contributed by atoms with Gasteiger partial charge in [0.25, 0.3) is 0 Å². The average Bonchev–Trinajstić information content (AvgIpc) is 2.42. The number of azo groups is 1. The van der Waals surface area contributed by atoms with Gasteiger partial charge in [0.05, 0.1) is 11.4 Å². The van der Waals surface area contributed by atoms with Crippen LogP contribution in [0.5, 0.6) is 5.75 Å². The largest absolute Gasteiger partial charge is 0.507 e. The molecule has 0 heterocycles. The maximum absolute atomic E-state index is 9.73. The van der Waals surface area contributed by atoms with Crippen LogP contribution in [0.2, 0.25) is 0 Å². The monoisotopic (exact) mass is 268 g/mol. The predicted molar refractivity (Wildman–Crippen MR) is 82.3 cm³/mol. The minimum Gasteiger partial charge on any atom is -0.507 e. The Bertz CT molecular complexity index is 605. The maximum atomic E-state index is 9.73. The molecule has 1 N–H and O–H groups in total. The Kier molecular flexibility index (Phi) is 4.18. The molecule has 0 radical (unpaired) electrons. The van der Waals surface area contributed by atoms with Gasteiger partial charge in [-0.3, -0.25) is 0 Å². The van der Waals surface area contributed by atoms with Crippen LogP contribution < -0.4 is 0 Å². The number of aromatic hydroxyl groups is 1. The molecule has 0 aromatic heterocycles. The molecule has 104 valence electrons. The van der Waals surface area contributed by atoms with Crippen LogP contribution in [0.4, 0.5) is 11.4 Å². The zero-order valence-electron chi connectivity index (χ0n) is 12.4. The molecule has 0 saturated carbocycles. The maximum Gasteiger partial charge on any atom is 0.121 e. The van der Waals surface area contributed by atoms with Gasteiger partial charge in [0.1, 0.15) is 5.75 Å². The fourth-order valence-electron chi connectivity index (χ4n) is 2.03. The fraction of sp³-hybridized carbons (Fsp3) is 0.294. The van der Waals surface area contributed by atoms with Gasteiger partial charge < -0.3 is 5.11 Å². The van der Waals surface area contributed by atoms with Crippen LogP contribution in [0.3, 0.4) is 0 Å². The van der Waals surface area contributed by atoms with Crippen molar-refractivity contribution in [3.05, 3.63) is 53.1 Å². The third kappa shape index (κ3) is 3.23. The van der Waals surface area contributed by atoms with Crippen LogP contribution in [-0.4, -0.2) is 5.11 Å². The summed E-state index contributed by atoms with van der Waals surface area (Å²) in [6.45, 7) is 8.05. The summed E-state index contributed by atoms with van der Waals surface area (Å²) in [6, 6.07) is 11.7. The average molecular weight is 268 g/mol. The van der Waals surface area contributed by atoms with Gasteiger partial charge in [0.15, 0.2) is 0 Å². The molecular weight excluding hydrogens is 248 g/mol. The summed E-state index contributed by atoms with van der Waals surface area (Å²) in [5.41, 5.74) is 4.51. The number of phenolic OH excluding ortho intramolecular Hbond substituents is 1. The van der Waals surface area contributed by atoms with Crippen molar-refractivity contribution in [2.75, 3.05) is 0 Å². The number of phenols is 1. The Morgan fingerprint density at radius 1 is 0.850 bits per heavy atom. The molecule has 2 aromatic carbocycles. The summed E-state index contributed by atoms with van der Waals surface area (Å²) >= 11 is 0. The zero-order valence-corrected chi connectivity index (χ0v) is 12.4. The van der Waals surface area contributed by atoms with Crippen molar-refractivity contribution >= 4 is 11.4 Å². The first-order chi connectivity index (χ1) is 9.47. The molecule has 0 unspecified atom stereocenters. The molecule has 0 atom stereocenters. The van der Waals surface area contributed by atoms with Gasteiger partial charge in [-0.05, 0) is 60.7 Å². The fourth-order valence-corrected chi connectivity index (χ4v) is 2.03. The molecule has 20 heavy (non-hydrogen) atoms. The molecule has 0 aliphatic heterocycles. The Balaban J connectivity index is 2.21. The lowest BCUT2D eigenvalue weighted by Crippen LogP contribution is -1.84. The van der Waals surface area contributed by atoms with Gasteiger partial charge in [-0.25, -0.2) is 0 Å². The Morgan fingerprint density at radius 2 is 1.35 bits per heavy atom. The second kappa shape index (κ2) is 5.87. The third-order valence-corrected chi connectivity index (χ3v) is 3.32. The minimum absolute atomic E-state index is 0.324. The van der Waals surface area contributed by atoms with Gasteiger partial charge in [-0.2, -0.15) is 10.2 Å². The van der Waals surface area contributed by atoms with E-state index < -0.39 is 0 Å². The smallest absolute Gasteiger partial charge is 0.121 e. The van der Waals surface area contributed by atoms with E-state index in [1.165, 1.54) is 5.56 Å². The Hall–Kier alpha value is -2.16. The van der Waals surface area contributed by atoms with E-state index in [1.54, 1.807) is 0 Å². The van der Waals surface area contributed by atoms with Crippen LogP contribution in [0.25, 0.3) is 0 Å². The molecule has 2 rings (SSSR count). The van der Waals surface area contributed by atoms with Crippen LogP contribution >= 0.6 is 0 Å². The van der Waals surface area contributed by atoms with Crippen molar-refractivity contribution in [3.63, 3.8) is 0 Å². The van der Waals surface area contributed by atoms with Gasteiger partial charge in [0, 0.05) is 0 Å². The highest BCUT2D eigenvalue weighted by Gasteiger charge is 2.03. The molecule has 3 nitrogen and oxygen atoms in total. The molecular formula is C17H20N2O. The van der Waals surface area contributed by atoms with E-state index in [9.17, 15) is 5.11 Å². The van der Waals surface area contributed by atoms with Crippen molar-refractivity contribution < 1.29 is 5.11 Å². The number of rotatable bonds is 3. The standard InChI is InChI=1S/C17H20N2O/c1-11(2)14-5-7-15(8-6-14)18-19-16-9-12(3)17(20)13(4)10-16/h5-11,20H,1-4H3. The predicted octanol–water partition coefficient (Wildman–Crippen LogP) is 5.55. The lowest BCUT2D eigenvalue weighted by Gasteiger charge is -2.05. The Morgan fingerprint density at radius 3 is 1.85 bits per heavy atom. The van der Waals surface area contributed by atoms with Crippen LogP contribution in [0.1, 0.15) is 36.5 Å². The van der Waals surface area contributed by atoms with E-state index in [-0.39, 0.29) is 0 Å².